The number of hydrogen-bond donors (Lipinski definition) is 0. The smallest absolute Gasteiger partial charge is 0.389 e. The Labute approximate surface area is 178 Å². The molecular weight excluding hydrogens is 410 g/mol. The molecule has 0 spiro atoms. The number of benzene rings is 2. The SMILES string of the molecule is C#CC(OC(=O)C1C(CC(F)(F)F)C1(C)C)c1cccc(N(F)c2ccc(C)cc2)c1. The molecule has 2 aromatic carbocycles. The molecule has 0 N–H and O–H groups in total. The van der Waals surface area contributed by atoms with Gasteiger partial charge in [-0.2, -0.15) is 18.3 Å². The minimum Gasteiger partial charge on any atom is -0.444 e. The Kier molecular flexibility index (Phi) is 6.04. The van der Waals surface area contributed by atoms with E-state index in [4.69, 9.17) is 11.2 Å². The molecule has 7 heteroatoms. The van der Waals surface area contributed by atoms with Crippen LogP contribution >= 0.6 is 0 Å². The van der Waals surface area contributed by atoms with E-state index in [0.29, 0.717) is 16.4 Å². The topological polar surface area (TPSA) is 29.5 Å². The molecule has 0 heterocycles. The lowest BCUT2D eigenvalue weighted by Crippen LogP contribution is -2.16. The van der Waals surface area contributed by atoms with Crippen molar-refractivity contribution in [2.24, 2.45) is 17.3 Å². The predicted molar refractivity (Wildman–Crippen MR) is 110 cm³/mol. The molecule has 0 bridgehead atoms. The van der Waals surface area contributed by atoms with Crippen LogP contribution in [0.5, 0.6) is 0 Å². The maximum Gasteiger partial charge on any atom is 0.389 e. The summed E-state index contributed by atoms with van der Waals surface area (Å²) >= 11 is 0. The lowest BCUT2D eigenvalue weighted by Gasteiger charge is -2.18. The first-order valence-electron chi connectivity index (χ1n) is 9.80. The van der Waals surface area contributed by atoms with Crippen molar-refractivity contribution in [1.82, 2.24) is 0 Å². The fourth-order valence-electron chi connectivity index (χ4n) is 3.86. The fourth-order valence-corrected chi connectivity index (χ4v) is 3.86. The van der Waals surface area contributed by atoms with Crippen molar-refractivity contribution in [2.45, 2.75) is 39.5 Å². The van der Waals surface area contributed by atoms with Crippen LogP contribution in [-0.4, -0.2) is 12.1 Å². The number of aryl methyl sites for hydroxylation is 1. The standard InChI is InChI=1S/C24H23F4NO2/c1-5-20(31-22(30)21-19(23(21,3)4)14-24(25,26)27)16-7-6-8-18(13-16)29(28)17-11-9-15(2)10-12-17/h1,6-13,19-21H,14H2,2-4H3. The zero-order chi connectivity index (χ0) is 23.0. The third-order valence-electron chi connectivity index (χ3n) is 5.80. The van der Waals surface area contributed by atoms with Crippen molar-refractivity contribution in [3.8, 4) is 12.3 Å². The van der Waals surface area contributed by atoms with E-state index in [1.54, 1.807) is 50.2 Å². The van der Waals surface area contributed by atoms with Crippen molar-refractivity contribution in [3.05, 3.63) is 59.7 Å². The van der Waals surface area contributed by atoms with Gasteiger partial charge in [0.05, 0.1) is 17.3 Å². The summed E-state index contributed by atoms with van der Waals surface area (Å²) < 4.78 is 58.5. The second kappa shape index (κ2) is 8.26. The lowest BCUT2D eigenvalue weighted by molar-refractivity contribution is -0.151. The minimum absolute atomic E-state index is 0.180. The Bertz CT molecular complexity index is 992. The van der Waals surface area contributed by atoms with E-state index in [9.17, 15) is 22.4 Å². The van der Waals surface area contributed by atoms with Crippen LogP contribution in [0, 0.1) is 36.5 Å². The van der Waals surface area contributed by atoms with Gasteiger partial charge in [-0.05, 0) is 42.5 Å². The zero-order valence-electron chi connectivity index (χ0n) is 17.4. The highest BCUT2D eigenvalue weighted by Crippen LogP contribution is 2.62. The predicted octanol–water partition coefficient (Wildman–Crippen LogP) is 6.46. The van der Waals surface area contributed by atoms with Gasteiger partial charge >= 0.3 is 12.1 Å². The highest BCUT2D eigenvalue weighted by Gasteiger charge is 2.65. The molecule has 31 heavy (non-hydrogen) atoms. The highest BCUT2D eigenvalue weighted by molar-refractivity contribution is 5.78. The molecule has 0 radical (unpaired) electrons. The van der Waals surface area contributed by atoms with Gasteiger partial charge in [0.2, 0.25) is 0 Å². The summed E-state index contributed by atoms with van der Waals surface area (Å²) in [6, 6.07) is 12.9. The Morgan fingerprint density at radius 2 is 1.84 bits per heavy atom. The maximum absolute atomic E-state index is 14.8. The largest absolute Gasteiger partial charge is 0.444 e. The number of carbonyl (C=O) groups is 1. The van der Waals surface area contributed by atoms with E-state index in [2.05, 4.69) is 5.92 Å². The Morgan fingerprint density at radius 3 is 2.42 bits per heavy atom. The van der Waals surface area contributed by atoms with Gasteiger partial charge in [-0.25, -0.2) is 0 Å². The summed E-state index contributed by atoms with van der Waals surface area (Å²) in [6.45, 7) is 5.09. The molecule has 0 amide bonds. The van der Waals surface area contributed by atoms with Crippen LogP contribution in [0.25, 0.3) is 0 Å². The van der Waals surface area contributed by atoms with Gasteiger partial charge in [-0.3, -0.25) is 4.79 Å². The normalized spacial score (nSPS) is 20.5. The van der Waals surface area contributed by atoms with E-state index >= 15 is 0 Å². The number of esters is 1. The summed E-state index contributed by atoms with van der Waals surface area (Å²) in [5, 5.41) is 0.474. The van der Waals surface area contributed by atoms with E-state index < -0.39 is 41.9 Å². The van der Waals surface area contributed by atoms with E-state index in [-0.39, 0.29) is 5.69 Å². The molecule has 164 valence electrons. The Balaban J connectivity index is 1.75. The van der Waals surface area contributed by atoms with Crippen molar-refractivity contribution >= 4 is 17.3 Å². The Morgan fingerprint density at radius 1 is 1.19 bits per heavy atom. The van der Waals surface area contributed by atoms with Crippen LogP contribution in [0.3, 0.4) is 0 Å². The molecule has 3 atom stereocenters. The van der Waals surface area contributed by atoms with Gasteiger partial charge in [0.15, 0.2) is 6.10 Å². The second-order valence-corrected chi connectivity index (χ2v) is 8.42. The van der Waals surface area contributed by atoms with Gasteiger partial charge in [-0.15, -0.1) is 6.42 Å². The number of halogens is 4. The highest BCUT2D eigenvalue weighted by atomic mass is 19.4. The maximum atomic E-state index is 14.8. The van der Waals surface area contributed by atoms with Gasteiger partial charge in [0.1, 0.15) is 0 Å². The lowest BCUT2D eigenvalue weighted by atomic mass is 10.1. The summed E-state index contributed by atoms with van der Waals surface area (Å²) in [5.41, 5.74) is 1.01. The molecule has 1 saturated carbocycles. The van der Waals surface area contributed by atoms with Crippen LogP contribution in [0.1, 0.15) is 37.5 Å². The van der Waals surface area contributed by atoms with Crippen LogP contribution < -0.4 is 5.12 Å². The summed E-state index contributed by atoms with van der Waals surface area (Å²) in [4.78, 5) is 12.6. The van der Waals surface area contributed by atoms with Crippen LogP contribution in [-0.2, 0) is 9.53 Å². The minimum atomic E-state index is -4.36. The third-order valence-corrected chi connectivity index (χ3v) is 5.80. The second-order valence-electron chi connectivity index (χ2n) is 8.42. The molecule has 1 fully saturated rings. The first-order valence-corrected chi connectivity index (χ1v) is 9.80. The van der Waals surface area contributed by atoms with Crippen LogP contribution in [0.2, 0.25) is 0 Å². The van der Waals surface area contributed by atoms with Gasteiger partial charge in [0.25, 0.3) is 0 Å². The zero-order valence-corrected chi connectivity index (χ0v) is 17.4. The summed E-state index contributed by atoms with van der Waals surface area (Å²) in [7, 11) is 0. The number of rotatable bonds is 6. The first kappa shape index (κ1) is 22.7. The molecule has 0 aromatic heterocycles. The molecule has 0 aliphatic heterocycles. The van der Waals surface area contributed by atoms with Crippen molar-refractivity contribution < 1.29 is 27.2 Å². The molecule has 1 aliphatic rings. The quantitative estimate of drug-likeness (QED) is 0.227. The number of alkyl halides is 3. The molecule has 3 unspecified atom stereocenters. The van der Waals surface area contributed by atoms with E-state index in [1.807, 2.05) is 6.92 Å². The number of carbonyl (C=O) groups excluding carboxylic acids is 1. The average molecular weight is 433 g/mol. The number of hydrogen-bond acceptors (Lipinski definition) is 3. The summed E-state index contributed by atoms with van der Waals surface area (Å²) in [5.74, 6) is -0.190. The van der Waals surface area contributed by atoms with Gasteiger partial charge < -0.3 is 4.74 Å². The van der Waals surface area contributed by atoms with Gasteiger partial charge in [0, 0.05) is 12.0 Å². The first-order chi connectivity index (χ1) is 14.4. The molecule has 2 aromatic rings. The monoisotopic (exact) mass is 433 g/mol. The van der Waals surface area contributed by atoms with Crippen molar-refractivity contribution in [3.63, 3.8) is 0 Å². The molecule has 1 aliphatic carbocycles. The molecule has 3 rings (SSSR count). The molecule has 3 nitrogen and oxygen atoms in total. The summed E-state index contributed by atoms with van der Waals surface area (Å²) in [6.07, 6.45) is -1.04. The Hall–Kier alpha value is -3.01. The van der Waals surface area contributed by atoms with E-state index in [0.717, 1.165) is 5.56 Å². The van der Waals surface area contributed by atoms with Gasteiger partial charge in [-0.1, -0.05) is 54.1 Å². The number of ether oxygens (including phenoxy) is 1. The number of nitrogens with zero attached hydrogens (tertiary/aromatic N) is 1. The van der Waals surface area contributed by atoms with Crippen molar-refractivity contribution in [1.29, 1.82) is 0 Å². The van der Waals surface area contributed by atoms with E-state index in [1.165, 1.54) is 12.1 Å². The molecular formula is C24H23F4NO2. The van der Waals surface area contributed by atoms with Crippen LogP contribution in [0.15, 0.2) is 48.5 Å². The number of terminal acetylenes is 1. The van der Waals surface area contributed by atoms with Crippen molar-refractivity contribution in [2.75, 3.05) is 5.12 Å². The number of anilines is 2. The van der Waals surface area contributed by atoms with Crippen LogP contribution in [0.4, 0.5) is 29.0 Å². The average Bonchev–Trinajstić information content (AvgIpc) is 3.23. The third kappa shape index (κ3) is 5.01. The molecule has 0 saturated heterocycles. The fraction of sp³-hybridized carbons (Fsp3) is 0.375.